The number of carbonyl (C=O) groups excluding carboxylic acids is 1. The Bertz CT molecular complexity index is 343. The van der Waals surface area contributed by atoms with Gasteiger partial charge in [-0.25, -0.2) is 9.37 Å². The summed E-state index contributed by atoms with van der Waals surface area (Å²) in [6.45, 7) is 0. The highest BCUT2D eigenvalue weighted by atomic mass is 35.5. The Morgan fingerprint density at radius 2 is 2.08 bits per heavy atom. The summed E-state index contributed by atoms with van der Waals surface area (Å²) >= 11 is 10.0. The Kier molecular flexibility index (Phi) is 2.59. The first-order valence-corrected chi connectivity index (χ1v) is 3.49. The molecule has 0 bridgehead atoms. The van der Waals surface area contributed by atoms with Crippen LogP contribution in [0, 0.1) is 11.8 Å². The van der Waals surface area contributed by atoms with Gasteiger partial charge in [0.15, 0.2) is 11.0 Å². The smallest absolute Gasteiger partial charge is 0.257 e. The van der Waals surface area contributed by atoms with Crippen LogP contribution in [-0.2, 0) is 0 Å². The molecule has 12 heavy (non-hydrogen) atoms. The van der Waals surface area contributed by atoms with Crippen LogP contribution in [0.25, 0.3) is 0 Å². The summed E-state index contributed by atoms with van der Waals surface area (Å²) in [6.07, 6.45) is 0. The summed E-state index contributed by atoms with van der Waals surface area (Å²) in [5, 5.41) is -1.75. The molecule has 0 saturated heterocycles. The van der Waals surface area contributed by atoms with Crippen LogP contribution >= 0.6 is 23.2 Å². The molecule has 1 aromatic rings. The van der Waals surface area contributed by atoms with Gasteiger partial charge >= 0.3 is 0 Å². The number of hydrogen-bond acceptors (Lipinski definition) is 2. The zero-order valence-electron chi connectivity index (χ0n) is 5.44. The van der Waals surface area contributed by atoms with Gasteiger partial charge < -0.3 is 0 Å². The van der Waals surface area contributed by atoms with E-state index in [4.69, 9.17) is 23.2 Å². The second-order valence-electron chi connectivity index (χ2n) is 1.87. The SMILES string of the molecule is O=C(Cl)c1cc(F)c(Cl)nc1F. The fourth-order valence-corrected chi connectivity index (χ4v) is 0.845. The van der Waals surface area contributed by atoms with Gasteiger partial charge in [0.25, 0.3) is 5.24 Å². The number of halogens is 4. The number of aromatic nitrogens is 1. The van der Waals surface area contributed by atoms with E-state index in [0.717, 1.165) is 0 Å². The molecule has 0 spiro atoms. The predicted molar refractivity (Wildman–Crippen MR) is 39.3 cm³/mol. The molecule has 1 aromatic heterocycles. The van der Waals surface area contributed by atoms with E-state index in [9.17, 15) is 13.6 Å². The summed E-state index contributed by atoms with van der Waals surface area (Å²) in [7, 11) is 0. The summed E-state index contributed by atoms with van der Waals surface area (Å²) in [5.74, 6) is -2.16. The van der Waals surface area contributed by atoms with E-state index < -0.39 is 27.7 Å². The Morgan fingerprint density at radius 3 is 2.58 bits per heavy atom. The minimum Gasteiger partial charge on any atom is -0.275 e. The van der Waals surface area contributed by atoms with E-state index >= 15 is 0 Å². The van der Waals surface area contributed by atoms with Crippen molar-refractivity contribution in [2.24, 2.45) is 0 Å². The topological polar surface area (TPSA) is 30.0 Å². The van der Waals surface area contributed by atoms with Crippen LogP contribution in [0.1, 0.15) is 10.4 Å². The lowest BCUT2D eigenvalue weighted by Crippen LogP contribution is -1.99. The van der Waals surface area contributed by atoms with Crippen LogP contribution in [0.3, 0.4) is 0 Å². The highest BCUT2D eigenvalue weighted by Gasteiger charge is 2.14. The molecule has 0 unspecified atom stereocenters. The molecule has 1 rings (SSSR count). The van der Waals surface area contributed by atoms with Crippen LogP contribution in [0.5, 0.6) is 0 Å². The second-order valence-corrected chi connectivity index (χ2v) is 2.57. The maximum absolute atomic E-state index is 12.6. The standard InChI is InChI=1S/C6HCl2F2NO/c7-4-3(9)1-2(5(8)12)6(10)11-4/h1H. The van der Waals surface area contributed by atoms with E-state index in [2.05, 4.69) is 4.98 Å². The molecule has 0 amide bonds. The largest absolute Gasteiger partial charge is 0.275 e. The van der Waals surface area contributed by atoms with Crippen molar-refractivity contribution in [3.63, 3.8) is 0 Å². The summed E-state index contributed by atoms with van der Waals surface area (Å²) in [4.78, 5) is 13.3. The monoisotopic (exact) mass is 211 g/mol. The molecule has 64 valence electrons. The Balaban J connectivity index is 3.33. The summed E-state index contributed by atoms with van der Waals surface area (Å²) in [6, 6.07) is 0.597. The second kappa shape index (κ2) is 3.33. The fourth-order valence-electron chi connectivity index (χ4n) is 0.583. The molecule has 0 aliphatic heterocycles. The van der Waals surface area contributed by atoms with E-state index in [-0.39, 0.29) is 0 Å². The van der Waals surface area contributed by atoms with Gasteiger partial charge in [-0.2, -0.15) is 4.39 Å². The Hall–Kier alpha value is -0.740. The van der Waals surface area contributed by atoms with Gasteiger partial charge in [0.05, 0.1) is 5.56 Å². The molecule has 0 fully saturated rings. The van der Waals surface area contributed by atoms with Crippen LogP contribution in [0.15, 0.2) is 6.07 Å². The highest BCUT2D eigenvalue weighted by molar-refractivity contribution is 6.67. The molecule has 0 radical (unpaired) electrons. The maximum atomic E-state index is 12.6. The van der Waals surface area contributed by atoms with E-state index in [1.165, 1.54) is 0 Å². The average molecular weight is 212 g/mol. The first-order chi connectivity index (χ1) is 5.52. The highest BCUT2D eigenvalue weighted by Crippen LogP contribution is 2.16. The number of rotatable bonds is 1. The van der Waals surface area contributed by atoms with Crippen LogP contribution in [0.2, 0.25) is 5.15 Å². The van der Waals surface area contributed by atoms with Crippen LogP contribution in [0.4, 0.5) is 8.78 Å². The Labute approximate surface area is 76.1 Å². The number of nitrogens with zero attached hydrogens (tertiary/aromatic N) is 1. The van der Waals surface area contributed by atoms with Gasteiger partial charge in [-0.1, -0.05) is 11.6 Å². The van der Waals surface area contributed by atoms with Gasteiger partial charge in [0.2, 0.25) is 5.95 Å². The summed E-state index contributed by atoms with van der Waals surface area (Å²) in [5.41, 5.74) is -0.626. The number of hydrogen-bond donors (Lipinski definition) is 0. The van der Waals surface area contributed by atoms with Crippen LogP contribution < -0.4 is 0 Å². The predicted octanol–water partition coefficient (Wildman–Crippen LogP) is 2.39. The minimum absolute atomic E-state index is 0.597. The average Bonchev–Trinajstić information content (AvgIpc) is 1.96. The maximum Gasteiger partial charge on any atom is 0.257 e. The van der Waals surface area contributed by atoms with Crippen molar-refractivity contribution in [2.75, 3.05) is 0 Å². The van der Waals surface area contributed by atoms with Gasteiger partial charge in [-0.3, -0.25) is 4.79 Å². The lowest BCUT2D eigenvalue weighted by molar-refractivity contribution is 0.107. The molecule has 0 saturated carbocycles. The lowest BCUT2D eigenvalue weighted by Gasteiger charge is -1.97. The zero-order valence-corrected chi connectivity index (χ0v) is 6.96. The molecule has 0 aliphatic carbocycles. The first-order valence-electron chi connectivity index (χ1n) is 2.73. The van der Waals surface area contributed by atoms with E-state index in [0.29, 0.717) is 6.07 Å². The Morgan fingerprint density at radius 1 is 1.50 bits per heavy atom. The van der Waals surface area contributed by atoms with Crippen molar-refractivity contribution in [2.45, 2.75) is 0 Å². The van der Waals surface area contributed by atoms with Crippen molar-refractivity contribution in [1.82, 2.24) is 4.98 Å². The van der Waals surface area contributed by atoms with Crippen LogP contribution in [-0.4, -0.2) is 10.2 Å². The minimum atomic E-state index is -1.18. The van der Waals surface area contributed by atoms with Gasteiger partial charge in [0.1, 0.15) is 0 Å². The molecule has 1 heterocycles. The normalized spacial score (nSPS) is 10.0. The molecule has 0 atom stereocenters. The molecule has 0 N–H and O–H groups in total. The van der Waals surface area contributed by atoms with Crippen molar-refractivity contribution < 1.29 is 13.6 Å². The van der Waals surface area contributed by atoms with Gasteiger partial charge in [-0.15, -0.1) is 0 Å². The lowest BCUT2D eigenvalue weighted by atomic mass is 10.3. The fraction of sp³-hybridized carbons (Fsp3) is 0. The van der Waals surface area contributed by atoms with Crippen molar-refractivity contribution in [1.29, 1.82) is 0 Å². The third kappa shape index (κ3) is 1.70. The molecule has 2 nitrogen and oxygen atoms in total. The molecule has 0 aromatic carbocycles. The van der Waals surface area contributed by atoms with Gasteiger partial charge in [-0.05, 0) is 17.7 Å². The van der Waals surface area contributed by atoms with Crippen molar-refractivity contribution in [3.8, 4) is 0 Å². The number of carbonyl (C=O) groups is 1. The van der Waals surface area contributed by atoms with Crippen molar-refractivity contribution in [3.05, 3.63) is 28.5 Å². The molecule has 6 heteroatoms. The van der Waals surface area contributed by atoms with Crippen molar-refractivity contribution >= 4 is 28.4 Å². The van der Waals surface area contributed by atoms with E-state index in [1.54, 1.807) is 0 Å². The zero-order chi connectivity index (χ0) is 9.30. The third-order valence-corrected chi connectivity index (χ3v) is 1.57. The van der Waals surface area contributed by atoms with Gasteiger partial charge in [0, 0.05) is 0 Å². The van der Waals surface area contributed by atoms with E-state index in [1.807, 2.05) is 0 Å². The number of pyridine rings is 1. The molecular formula is C6HCl2F2NO. The molecule has 0 aliphatic rings. The molecular weight excluding hydrogens is 211 g/mol. The quantitative estimate of drug-likeness (QED) is 0.528. The first kappa shape index (κ1) is 9.35. The summed E-state index contributed by atoms with van der Waals surface area (Å²) < 4.78 is 25.2. The third-order valence-electron chi connectivity index (χ3n) is 1.10.